The molecule has 2 aromatic carbocycles. The van der Waals surface area contributed by atoms with E-state index in [1.807, 2.05) is 6.07 Å². The Kier molecular flexibility index (Phi) is 14.8. The first-order valence-corrected chi connectivity index (χ1v) is 15.8. The molecule has 0 atom stereocenters. The van der Waals surface area contributed by atoms with Gasteiger partial charge in [-0.1, -0.05) is 64.4 Å². The van der Waals surface area contributed by atoms with Crippen molar-refractivity contribution in [1.82, 2.24) is 4.90 Å². The summed E-state index contributed by atoms with van der Waals surface area (Å²) in [5, 5.41) is 7.33. The molecule has 0 aliphatic rings. The second kappa shape index (κ2) is 16.1. The molecule has 3 nitrogen and oxygen atoms in total. The van der Waals surface area contributed by atoms with Crippen molar-refractivity contribution >= 4 is 39.7 Å². The van der Waals surface area contributed by atoms with E-state index in [4.69, 9.17) is 0 Å². The number of anilines is 2. The summed E-state index contributed by atoms with van der Waals surface area (Å²) in [7, 11) is 2.17. The number of hydrogen-bond acceptors (Lipinski definition) is 3. The quantitative estimate of drug-likeness (QED) is 0.224. The molecule has 0 spiro atoms. The van der Waals surface area contributed by atoms with Gasteiger partial charge < -0.3 is 10.6 Å². The first-order valence-electron chi connectivity index (χ1n) is 10.7. The van der Waals surface area contributed by atoms with Crippen LogP contribution in [-0.2, 0) is 36.8 Å². The Bertz CT molecular complexity index is 696. The third-order valence-corrected chi connectivity index (χ3v) is 5.22. The molecule has 0 bridgehead atoms. The van der Waals surface area contributed by atoms with Crippen LogP contribution in [0.15, 0.2) is 30.3 Å². The number of likely N-dealkylation sites (N-methyl/N-ethyl adjacent to an activating group) is 1. The Labute approximate surface area is 204 Å². The van der Waals surface area contributed by atoms with E-state index < -0.39 is 0 Å². The van der Waals surface area contributed by atoms with Crippen molar-refractivity contribution in [1.29, 1.82) is 0 Å². The van der Waals surface area contributed by atoms with Crippen LogP contribution in [0.2, 0.25) is 0 Å². The molecule has 0 aliphatic carbocycles. The van der Waals surface area contributed by atoms with Crippen LogP contribution in [0.4, 0.5) is 11.4 Å². The van der Waals surface area contributed by atoms with Gasteiger partial charge in [-0.25, -0.2) is 0 Å². The molecule has 0 unspecified atom stereocenters. The fourth-order valence-corrected chi connectivity index (χ4v) is 3.52. The molecule has 6 heteroatoms. The standard InChI is InChI=1S/C24H36N3.2BrH.Co/c1-6-19-12-10-13-20(7-2)23(19)25-16-17-27(5)18-26-24-21(8-3)14-11-15-22(24)9-4;;;/h10-14,25-26H,6-9,16-18H2,1-5H3;2*1H;/q-1;;;+3/p-2. The van der Waals surface area contributed by atoms with E-state index in [0.717, 1.165) is 56.6 Å². The number of hydrogen-bond donors (Lipinski definition) is 2. The third-order valence-electron chi connectivity index (χ3n) is 5.22. The summed E-state index contributed by atoms with van der Waals surface area (Å²) < 4.78 is 0. The number of benzene rings is 2. The molecule has 0 aliphatic heterocycles. The maximum absolute atomic E-state index is 3.68. The number of aryl methyl sites for hydroxylation is 4. The fourth-order valence-electron chi connectivity index (χ4n) is 3.52. The molecule has 0 amide bonds. The second-order valence-corrected chi connectivity index (χ2v) is 12.4. The first-order chi connectivity index (χ1) is 14.6. The molecule has 0 saturated heterocycles. The molecule has 2 rings (SSSR count). The molecule has 2 aromatic rings. The number of nitrogens with zero attached hydrogens (tertiary/aromatic N) is 1. The van der Waals surface area contributed by atoms with Gasteiger partial charge in [-0.15, -0.1) is 11.1 Å². The Morgan fingerprint density at radius 1 is 0.867 bits per heavy atom. The van der Waals surface area contributed by atoms with Crippen LogP contribution >= 0.6 is 28.3 Å². The topological polar surface area (TPSA) is 27.3 Å². The van der Waals surface area contributed by atoms with Gasteiger partial charge in [0.15, 0.2) is 0 Å². The summed E-state index contributed by atoms with van der Waals surface area (Å²) in [4.78, 5) is 2.33. The summed E-state index contributed by atoms with van der Waals surface area (Å²) in [5.41, 5.74) is 8.09. The van der Waals surface area contributed by atoms with E-state index in [-0.39, 0.29) is 0 Å². The normalized spacial score (nSPS) is 10.7. The van der Waals surface area contributed by atoms with Crippen molar-refractivity contribution in [2.24, 2.45) is 0 Å². The SMILES string of the molecule is CCc1[c-]ccc(CC)c1NCN(C)CCNc1c(CC)cccc1CC.[Br][Co+][Br]. The summed E-state index contributed by atoms with van der Waals surface area (Å²) in [6.07, 6.45) is 4.19. The van der Waals surface area contributed by atoms with E-state index >= 15 is 0 Å². The summed E-state index contributed by atoms with van der Waals surface area (Å²) in [6.45, 7) is 11.6. The average Bonchev–Trinajstić information content (AvgIpc) is 2.77. The maximum atomic E-state index is 3.68. The molecule has 0 radical (unpaired) electrons. The molecule has 0 saturated carbocycles. The van der Waals surface area contributed by atoms with Crippen molar-refractivity contribution in [2.75, 3.05) is 37.4 Å². The van der Waals surface area contributed by atoms with Crippen LogP contribution in [-0.4, -0.2) is 31.7 Å². The second-order valence-electron chi connectivity index (χ2n) is 7.11. The molecule has 2 N–H and O–H groups in total. The Morgan fingerprint density at radius 2 is 1.43 bits per heavy atom. The van der Waals surface area contributed by atoms with E-state index in [1.54, 1.807) is 0 Å². The molecular weight excluding hydrogens is 549 g/mol. The predicted octanol–water partition coefficient (Wildman–Crippen LogP) is 6.84. The summed E-state index contributed by atoms with van der Waals surface area (Å²) >= 11 is 7.12. The van der Waals surface area contributed by atoms with Gasteiger partial charge in [0.1, 0.15) is 0 Å². The van der Waals surface area contributed by atoms with Gasteiger partial charge in [0.05, 0.1) is 6.67 Å². The van der Waals surface area contributed by atoms with Crippen LogP contribution in [0.5, 0.6) is 0 Å². The van der Waals surface area contributed by atoms with E-state index in [0.29, 0.717) is 0 Å². The van der Waals surface area contributed by atoms with Gasteiger partial charge in [0, 0.05) is 18.8 Å². The van der Waals surface area contributed by atoms with E-state index in [9.17, 15) is 0 Å². The van der Waals surface area contributed by atoms with E-state index in [1.165, 1.54) is 33.6 Å². The molecule has 0 fully saturated rings. The monoisotopic (exact) mass is 583 g/mol. The average molecular weight is 585 g/mol. The Morgan fingerprint density at radius 3 is 1.97 bits per heavy atom. The van der Waals surface area contributed by atoms with Gasteiger partial charge in [-0.05, 0) is 31.0 Å². The number of para-hydroxylation sites is 1. The van der Waals surface area contributed by atoms with Crippen LogP contribution < -0.4 is 10.6 Å². The van der Waals surface area contributed by atoms with Crippen LogP contribution in [0.25, 0.3) is 0 Å². The minimum atomic E-state index is 0.843. The predicted molar refractivity (Wildman–Crippen MR) is 137 cm³/mol. The van der Waals surface area contributed by atoms with Gasteiger partial charge in [-0.2, -0.15) is 18.2 Å². The zero-order chi connectivity index (χ0) is 22.4. The van der Waals surface area contributed by atoms with Crippen LogP contribution in [0.3, 0.4) is 0 Å². The summed E-state index contributed by atoms with van der Waals surface area (Å²) in [5.74, 6) is 0. The Hall–Kier alpha value is -0.534. The molecule has 170 valence electrons. The fraction of sp³-hybridized carbons (Fsp3) is 0.500. The van der Waals surface area contributed by atoms with E-state index in [2.05, 4.69) is 109 Å². The Balaban J connectivity index is 0.00000141. The minimum absolute atomic E-state index is 0.843. The molecular formula is C24H36Br2CoN3. The van der Waals surface area contributed by atoms with Crippen molar-refractivity contribution < 1.29 is 11.1 Å². The number of halogens is 2. The van der Waals surface area contributed by atoms with Crippen LogP contribution in [0, 0.1) is 6.07 Å². The van der Waals surface area contributed by atoms with Crippen molar-refractivity contribution in [3.8, 4) is 0 Å². The zero-order valence-corrected chi connectivity index (χ0v) is 23.1. The van der Waals surface area contributed by atoms with Gasteiger partial charge in [0.25, 0.3) is 0 Å². The van der Waals surface area contributed by atoms with Crippen LogP contribution in [0.1, 0.15) is 49.9 Å². The third kappa shape index (κ3) is 8.91. The van der Waals surface area contributed by atoms with Gasteiger partial charge >= 0.3 is 39.5 Å². The van der Waals surface area contributed by atoms with Gasteiger partial charge in [-0.3, -0.25) is 4.90 Å². The molecule has 0 heterocycles. The number of rotatable bonds is 11. The van der Waals surface area contributed by atoms with Crippen molar-refractivity contribution in [3.63, 3.8) is 0 Å². The van der Waals surface area contributed by atoms with Crippen molar-refractivity contribution in [3.05, 3.63) is 58.7 Å². The summed E-state index contributed by atoms with van der Waals surface area (Å²) in [6, 6.07) is 14.2. The number of nitrogens with one attached hydrogen (secondary N) is 2. The van der Waals surface area contributed by atoms with Crippen molar-refractivity contribution in [2.45, 2.75) is 53.4 Å². The molecule has 0 aromatic heterocycles. The zero-order valence-electron chi connectivity index (χ0n) is 18.9. The van der Waals surface area contributed by atoms with Gasteiger partial charge in [0.2, 0.25) is 0 Å². The molecule has 30 heavy (non-hydrogen) atoms. The first kappa shape index (κ1) is 27.5.